The number of rotatable bonds is 1. The summed E-state index contributed by atoms with van der Waals surface area (Å²) < 4.78 is 0. The van der Waals surface area contributed by atoms with E-state index in [1.54, 1.807) is 6.07 Å². The van der Waals surface area contributed by atoms with Crippen molar-refractivity contribution in [2.24, 2.45) is 0 Å². The molecule has 0 atom stereocenters. The van der Waals surface area contributed by atoms with Gasteiger partial charge in [-0.2, -0.15) is 5.26 Å². The van der Waals surface area contributed by atoms with Crippen LogP contribution in [0.3, 0.4) is 0 Å². The third kappa shape index (κ3) is 2.11. The van der Waals surface area contributed by atoms with Crippen LogP contribution in [-0.4, -0.2) is 5.91 Å². The van der Waals surface area contributed by atoms with Crippen molar-refractivity contribution in [3.8, 4) is 6.07 Å². The number of hydrogen-bond donors (Lipinski definition) is 1. The number of carbonyl (C=O) groups excluding carboxylic acids is 1. The van der Waals surface area contributed by atoms with E-state index < -0.39 is 0 Å². The second-order valence-electron chi connectivity index (χ2n) is 3.28. The van der Waals surface area contributed by atoms with E-state index in [1.165, 1.54) is 6.92 Å². The van der Waals surface area contributed by atoms with E-state index >= 15 is 0 Å². The molecule has 1 aromatic carbocycles. The van der Waals surface area contributed by atoms with Gasteiger partial charge in [0.25, 0.3) is 0 Å². The summed E-state index contributed by atoms with van der Waals surface area (Å²) in [5.74, 6) is -0.0998. The minimum atomic E-state index is -0.0998. The van der Waals surface area contributed by atoms with Crippen LogP contribution in [0.2, 0.25) is 0 Å². The Hall–Kier alpha value is -1.82. The van der Waals surface area contributed by atoms with E-state index in [1.807, 2.05) is 19.9 Å². The van der Waals surface area contributed by atoms with Gasteiger partial charge in [0.2, 0.25) is 5.91 Å². The van der Waals surface area contributed by atoms with Gasteiger partial charge in [0, 0.05) is 12.6 Å². The van der Waals surface area contributed by atoms with Crippen LogP contribution in [0.4, 0.5) is 5.69 Å². The average molecular weight is 188 g/mol. The van der Waals surface area contributed by atoms with Crippen LogP contribution in [0.15, 0.2) is 12.1 Å². The molecule has 72 valence electrons. The summed E-state index contributed by atoms with van der Waals surface area (Å²) >= 11 is 0. The fourth-order valence-electron chi connectivity index (χ4n) is 1.26. The first-order valence-corrected chi connectivity index (χ1v) is 4.33. The lowest BCUT2D eigenvalue weighted by atomic mass is 10.0. The second-order valence-corrected chi connectivity index (χ2v) is 3.28. The Balaban J connectivity index is 3.16. The van der Waals surface area contributed by atoms with Crippen LogP contribution < -0.4 is 5.32 Å². The monoisotopic (exact) mass is 188 g/mol. The molecule has 1 amide bonds. The number of benzene rings is 1. The number of amides is 1. The molecule has 0 aromatic heterocycles. The van der Waals surface area contributed by atoms with Gasteiger partial charge in [0.1, 0.15) is 0 Å². The number of nitrogens with zero attached hydrogens (tertiary/aromatic N) is 1. The molecule has 1 rings (SSSR count). The molecule has 3 heteroatoms. The number of hydrogen-bond acceptors (Lipinski definition) is 2. The largest absolute Gasteiger partial charge is 0.326 e. The van der Waals surface area contributed by atoms with Gasteiger partial charge in [0.05, 0.1) is 11.6 Å². The van der Waals surface area contributed by atoms with Crippen molar-refractivity contribution in [2.75, 3.05) is 5.32 Å². The molecule has 0 bridgehead atoms. The number of anilines is 1. The average Bonchev–Trinajstić information content (AvgIpc) is 2.10. The highest BCUT2D eigenvalue weighted by atomic mass is 16.1. The molecule has 0 aliphatic heterocycles. The third-order valence-corrected chi connectivity index (χ3v) is 2.00. The maximum Gasteiger partial charge on any atom is 0.221 e. The van der Waals surface area contributed by atoms with Crippen molar-refractivity contribution in [1.29, 1.82) is 5.26 Å². The smallest absolute Gasteiger partial charge is 0.221 e. The van der Waals surface area contributed by atoms with E-state index in [9.17, 15) is 4.79 Å². The molecule has 0 aliphatic rings. The first kappa shape index (κ1) is 10.3. The lowest BCUT2D eigenvalue weighted by Crippen LogP contribution is -2.07. The van der Waals surface area contributed by atoms with Crippen LogP contribution >= 0.6 is 0 Å². The summed E-state index contributed by atoms with van der Waals surface area (Å²) in [6.07, 6.45) is 0. The molecule has 1 N–H and O–H groups in total. The zero-order valence-corrected chi connectivity index (χ0v) is 8.51. The number of aryl methyl sites for hydroxylation is 2. The number of carbonyl (C=O) groups is 1. The highest BCUT2D eigenvalue weighted by molar-refractivity contribution is 5.89. The Labute approximate surface area is 83.4 Å². The van der Waals surface area contributed by atoms with Crippen molar-refractivity contribution >= 4 is 11.6 Å². The lowest BCUT2D eigenvalue weighted by molar-refractivity contribution is -0.114. The Bertz CT molecular complexity index is 416. The number of nitriles is 1. The van der Waals surface area contributed by atoms with E-state index in [-0.39, 0.29) is 5.91 Å². The van der Waals surface area contributed by atoms with E-state index in [4.69, 9.17) is 5.26 Å². The van der Waals surface area contributed by atoms with Crippen molar-refractivity contribution in [3.63, 3.8) is 0 Å². The van der Waals surface area contributed by atoms with Gasteiger partial charge in [-0.15, -0.1) is 0 Å². The standard InChI is InChI=1S/C11H12N2O/c1-7-5-11(13-9(3)14)8(2)4-10(7)6-12/h4-5H,1-3H3,(H,13,14). The van der Waals surface area contributed by atoms with Crippen LogP contribution in [0, 0.1) is 25.2 Å². The first-order chi connectivity index (χ1) is 6.54. The minimum Gasteiger partial charge on any atom is -0.326 e. The topological polar surface area (TPSA) is 52.9 Å². The molecule has 1 aromatic rings. The van der Waals surface area contributed by atoms with Crippen LogP contribution in [0.25, 0.3) is 0 Å². The predicted octanol–water partition coefficient (Wildman–Crippen LogP) is 2.13. The molecule has 0 unspecified atom stereocenters. The molecular formula is C11H12N2O. The fraction of sp³-hybridized carbons (Fsp3) is 0.273. The van der Waals surface area contributed by atoms with Crippen LogP contribution in [0.5, 0.6) is 0 Å². The molecule has 0 saturated heterocycles. The van der Waals surface area contributed by atoms with E-state index in [0.29, 0.717) is 5.56 Å². The first-order valence-electron chi connectivity index (χ1n) is 4.33. The summed E-state index contributed by atoms with van der Waals surface area (Å²) in [4.78, 5) is 10.9. The molecule has 0 radical (unpaired) electrons. The van der Waals surface area contributed by atoms with Crippen molar-refractivity contribution in [2.45, 2.75) is 20.8 Å². The Morgan fingerprint density at radius 2 is 2.00 bits per heavy atom. The highest BCUT2D eigenvalue weighted by Gasteiger charge is 2.04. The molecule has 14 heavy (non-hydrogen) atoms. The van der Waals surface area contributed by atoms with E-state index in [0.717, 1.165) is 16.8 Å². The molecule has 0 aliphatic carbocycles. The summed E-state index contributed by atoms with van der Waals surface area (Å²) in [7, 11) is 0. The molecule has 0 saturated carbocycles. The Kier molecular flexibility index (Phi) is 2.88. The number of nitrogens with one attached hydrogen (secondary N) is 1. The van der Waals surface area contributed by atoms with Crippen LogP contribution in [-0.2, 0) is 4.79 Å². The maximum atomic E-state index is 10.9. The quantitative estimate of drug-likeness (QED) is 0.734. The summed E-state index contributed by atoms with van der Waals surface area (Å²) in [6.45, 7) is 5.18. The molecule has 3 nitrogen and oxygen atoms in total. The van der Waals surface area contributed by atoms with Crippen molar-refractivity contribution in [1.82, 2.24) is 0 Å². The van der Waals surface area contributed by atoms with Gasteiger partial charge in [-0.3, -0.25) is 4.79 Å². The van der Waals surface area contributed by atoms with Gasteiger partial charge in [0.15, 0.2) is 0 Å². The zero-order chi connectivity index (χ0) is 10.7. The molecule has 0 fully saturated rings. The SMILES string of the molecule is CC(=O)Nc1cc(C)c(C#N)cc1C. The van der Waals surface area contributed by atoms with Crippen molar-refractivity contribution < 1.29 is 4.79 Å². The summed E-state index contributed by atoms with van der Waals surface area (Å²) in [5, 5.41) is 11.5. The summed E-state index contributed by atoms with van der Waals surface area (Å²) in [6, 6.07) is 5.70. The molecular weight excluding hydrogens is 176 g/mol. The fourth-order valence-corrected chi connectivity index (χ4v) is 1.26. The summed E-state index contributed by atoms with van der Waals surface area (Å²) in [5.41, 5.74) is 3.20. The van der Waals surface area contributed by atoms with Gasteiger partial charge in [-0.1, -0.05) is 0 Å². The van der Waals surface area contributed by atoms with Crippen LogP contribution in [0.1, 0.15) is 23.6 Å². The van der Waals surface area contributed by atoms with E-state index in [2.05, 4.69) is 11.4 Å². The normalized spacial score (nSPS) is 9.29. The highest BCUT2D eigenvalue weighted by Crippen LogP contribution is 2.19. The predicted molar refractivity (Wildman–Crippen MR) is 54.9 cm³/mol. The molecule has 0 spiro atoms. The Morgan fingerprint density at radius 1 is 1.36 bits per heavy atom. The minimum absolute atomic E-state index is 0.0998. The maximum absolute atomic E-state index is 10.9. The van der Waals surface area contributed by atoms with Gasteiger partial charge in [-0.25, -0.2) is 0 Å². The van der Waals surface area contributed by atoms with Crippen molar-refractivity contribution in [3.05, 3.63) is 28.8 Å². The lowest BCUT2D eigenvalue weighted by Gasteiger charge is -2.08. The second kappa shape index (κ2) is 3.93. The Morgan fingerprint density at radius 3 is 2.50 bits per heavy atom. The molecule has 0 heterocycles. The van der Waals surface area contributed by atoms with Gasteiger partial charge in [-0.05, 0) is 37.1 Å². The zero-order valence-electron chi connectivity index (χ0n) is 8.51. The van der Waals surface area contributed by atoms with Gasteiger partial charge >= 0.3 is 0 Å². The third-order valence-electron chi connectivity index (χ3n) is 2.00. The van der Waals surface area contributed by atoms with Gasteiger partial charge < -0.3 is 5.32 Å².